The minimum Gasteiger partial charge on any atom is -0.496 e. The molecule has 8 nitrogen and oxygen atoms in total. The fourth-order valence-electron chi connectivity index (χ4n) is 3.52. The van der Waals surface area contributed by atoms with E-state index in [2.05, 4.69) is 24.5 Å². The van der Waals surface area contributed by atoms with Crippen LogP contribution in [-0.2, 0) is 0 Å². The molecule has 0 radical (unpaired) electrons. The van der Waals surface area contributed by atoms with Gasteiger partial charge in [-0.05, 0) is 47.9 Å². The van der Waals surface area contributed by atoms with Crippen molar-refractivity contribution in [3.05, 3.63) is 83.4 Å². The first-order valence-electron chi connectivity index (χ1n) is 11.6. The van der Waals surface area contributed by atoms with Gasteiger partial charge in [-0.3, -0.25) is 9.59 Å². The first-order chi connectivity index (χ1) is 17.4. The summed E-state index contributed by atoms with van der Waals surface area (Å²) in [6.07, 6.45) is -0.895. The van der Waals surface area contributed by atoms with Crippen LogP contribution in [0.5, 0.6) is 23.0 Å². The largest absolute Gasteiger partial charge is 0.496 e. The quantitative estimate of drug-likeness (QED) is 0.380. The van der Waals surface area contributed by atoms with E-state index in [1.165, 1.54) is 21.3 Å². The van der Waals surface area contributed by atoms with Crippen molar-refractivity contribution in [1.29, 1.82) is 0 Å². The smallest absolute Gasteiger partial charge is 0.256 e. The van der Waals surface area contributed by atoms with Gasteiger partial charge >= 0.3 is 0 Å². The number of benzene rings is 3. The second-order valence-electron chi connectivity index (χ2n) is 8.40. The molecule has 0 aromatic heterocycles. The summed E-state index contributed by atoms with van der Waals surface area (Å²) in [5.74, 6) is 1.38. The molecule has 0 unspecified atom stereocenters. The summed E-state index contributed by atoms with van der Waals surface area (Å²) in [7, 11) is 4.53. The van der Waals surface area contributed by atoms with Gasteiger partial charge in [-0.1, -0.05) is 44.2 Å². The van der Waals surface area contributed by atoms with E-state index in [1.54, 1.807) is 66.7 Å². The van der Waals surface area contributed by atoms with E-state index in [0.29, 0.717) is 52.2 Å². The molecule has 3 aromatic carbocycles. The highest BCUT2D eigenvalue weighted by Gasteiger charge is 2.23. The van der Waals surface area contributed by atoms with Crippen LogP contribution in [-0.4, -0.2) is 39.8 Å². The van der Waals surface area contributed by atoms with E-state index >= 15 is 0 Å². The summed E-state index contributed by atoms with van der Waals surface area (Å²) in [5.41, 5.74) is 1.26. The zero-order valence-electron chi connectivity index (χ0n) is 21.2. The van der Waals surface area contributed by atoms with E-state index in [4.69, 9.17) is 18.9 Å². The van der Waals surface area contributed by atoms with E-state index in [-0.39, 0.29) is 0 Å². The molecular formula is C28H32N2O6. The summed E-state index contributed by atoms with van der Waals surface area (Å²) in [5, 5.41) is 5.79. The lowest BCUT2D eigenvalue weighted by atomic mass is 10.1. The van der Waals surface area contributed by atoms with Crippen LogP contribution < -0.4 is 29.6 Å². The average molecular weight is 493 g/mol. The third kappa shape index (κ3) is 6.47. The summed E-state index contributed by atoms with van der Waals surface area (Å²) >= 11 is 0. The molecule has 0 fully saturated rings. The highest BCUT2D eigenvalue weighted by Crippen LogP contribution is 2.31. The lowest BCUT2D eigenvalue weighted by Crippen LogP contribution is -2.41. The SMILES string of the molecule is COc1cc(C(NC(=O)c2ccccc2OC)NC(=O)c2ccccc2OC)ccc1OCC(C)C. The molecule has 36 heavy (non-hydrogen) atoms. The van der Waals surface area contributed by atoms with Crippen LogP contribution in [0, 0.1) is 5.92 Å². The number of ether oxygens (including phenoxy) is 4. The van der Waals surface area contributed by atoms with E-state index in [0.717, 1.165) is 0 Å². The first kappa shape index (κ1) is 26.4. The minimum atomic E-state index is -0.895. The molecule has 3 aromatic rings. The number of methoxy groups -OCH3 is 3. The molecule has 0 aliphatic heterocycles. The second-order valence-corrected chi connectivity index (χ2v) is 8.40. The third-order valence-corrected chi connectivity index (χ3v) is 5.35. The Morgan fingerprint density at radius 3 is 1.67 bits per heavy atom. The minimum absolute atomic E-state index is 0.334. The summed E-state index contributed by atoms with van der Waals surface area (Å²) < 4.78 is 22.0. The maximum atomic E-state index is 13.2. The van der Waals surface area contributed by atoms with E-state index < -0.39 is 18.0 Å². The van der Waals surface area contributed by atoms with Crippen molar-refractivity contribution in [3.8, 4) is 23.0 Å². The topological polar surface area (TPSA) is 95.1 Å². The maximum Gasteiger partial charge on any atom is 0.256 e. The van der Waals surface area contributed by atoms with Crippen molar-refractivity contribution < 1.29 is 28.5 Å². The van der Waals surface area contributed by atoms with Crippen LogP contribution in [0.1, 0.15) is 46.3 Å². The van der Waals surface area contributed by atoms with Crippen molar-refractivity contribution in [2.24, 2.45) is 5.92 Å². The van der Waals surface area contributed by atoms with Crippen molar-refractivity contribution in [2.75, 3.05) is 27.9 Å². The van der Waals surface area contributed by atoms with Crippen LogP contribution in [0.4, 0.5) is 0 Å². The third-order valence-electron chi connectivity index (χ3n) is 5.35. The van der Waals surface area contributed by atoms with Gasteiger partial charge in [0.25, 0.3) is 11.8 Å². The van der Waals surface area contributed by atoms with Crippen molar-refractivity contribution >= 4 is 11.8 Å². The zero-order chi connectivity index (χ0) is 26.1. The monoisotopic (exact) mass is 492 g/mol. The predicted octanol–water partition coefficient (Wildman–Crippen LogP) is 4.61. The highest BCUT2D eigenvalue weighted by molar-refractivity contribution is 5.99. The molecule has 0 saturated heterocycles. The number of carbonyl (C=O) groups is 2. The van der Waals surface area contributed by atoms with Gasteiger partial charge in [-0.2, -0.15) is 0 Å². The Hall–Kier alpha value is -4.20. The normalized spacial score (nSPS) is 10.6. The molecule has 0 bridgehead atoms. The van der Waals surface area contributed by atoms with Crippen LogP contribution in [0.15, 0.2) is 66.7 Å². The van der Waals surface area contributed by atoms with Gasteiger partial charge < -0.3 is 29.6 Å². The van der Waals surface area contributed by atoms with E-state index in [1.807, 2.05) is 0 Å². The molecular weight excluding hydrogens is 460 g/mol. The Bertz CT molecular complexity index is 1130. The van der Waals surface area contributed by atoms with Crippen molar-refractivity contribution in [1.82, 2.24) is 10.6 Å². The first-order valence-corrected chi connectivity index (χ1v) is 11.6. The number of para-hydroxylation sites is 2. The van der Waals surface area contributed by atoms with Crippen LogP contribution in [0.3, 0.4) is 0 Å². The number of nitrogens with one attached hydrogen (secondary N) is 2. The van der Waals surface area contributed by atoms with Crippen molar-refractivity contribution in [2.45, 2.75) is 20.0 Å². The summed E-state index contributed by atoms with van der Waals surface area (Å²) in [6.45, 7) is 4.63. The molecule has 3 rings (SSSR count). The molecule has 0 atom stereocenters. The Morgan fingerprint density at radius 1 is 0.694 bits per heavy atom. The molecule has 2 amide bonds. The van der Waals surface area contributed by atoms with Gasteiger partial charge in [-0.25, -0.2) is 0 Å². The molecule has 0 spiro atoms. The predicted molar refractivity (Wildman–Crippen MR) is 137 cm³/mol. The maximum absolute atomic E-state index is 13.2. The lowest BCUT2D eigenvalue weighted by Gasteiger charge is -2.23. The summed E-state index contributed by atoms with van der Waals surface area (Å²) in [4.78, 5) is 26.5. The van der Waals surface area contributed by atoms with E-state index in [9.17, 15) is 9.59 Å². The van der Waals surface area contributed by atoms with Gasteiger partial charge in [-0.15, -0.1) is 0 Å². The highest BCUT2D eigenvalue weighted by atomic mass is 16.5. The lowest BCUT2D eigenvalue weighted by molar-refractivity contribution is 0.0880. The van der Waals surface area contributed by atoms with Gasteiger partial charge in [0.2, 0.25) is 0 Å². The fourth-order valence-corrected chi connectivity index (χ4v) is 3.52. The van der Waals surface area contributed by atoms with Crippen LogP contribution in [0.2, 0.25) is 0 Å². The Balaban J connectivity index is 1.96. The second kappa shape index (κ2) is 12.5. The van der Waals surface area contributed by atoms with Gasteiger partial charge in [0.05, 0.1) is 39.1 Å². The standard InChI is InChI=1S/C28H32N2O6/c1-18(2)17-36-24-15-14-19(16-25(24)35-5)26(29-27(31)20-10-6-8-12-22(20)33-3)30-28(32)21-11-7-9-13-23(21)34-4/h6-16,18,26H,17H2,1-5H3,(H,29,31)(H,30,32). The number of hydrogen-bond donors (Lipinski definition) is 2. The summed E-state index contributed by atoms with van der Waals surface area (Å²) in [6, 6.07) is 19.0. The zero-order valence-corrected chi connectivity index (χ0v) is 21.2. The average Bonchev–Trinajstić information content (AvgIpc) is 2.91. The van der Waals surface area contributed by atoms with Crippen LogP contribution >= 0.6 is 0 Å². The van der Waals surface area contributed by atoms with Crippen molar-refractivity contribution in [3.63, 3.8) is 0 Å². The van der Waals surface area contributed by atoms with Gasteiger partial charge in [0.15, 0.2) is 11.5 Å². The Kier molecular flexibility index (Phi) is 9.16. The molecule has 0 heterocycles. The van der Waals surface area contributed by atoms with Gasteiger partial charge in [0.1, 0.15) is 17.7 Å². The molecule has 0 aliphatic rings. The molecule has 2 N–H and O–H groups in total. The van der Waals surface area contributed by atoms with Crippen LogP contribution in [0.25, 0.3) is 0 Å². The van der Waals surface area contributed by atoms with Gasteiger partial charge in [0, 0.05) is 0 Å². The number of carbonyl (C=O) groups excluding carboxylic acids is 2. The molecule has 8 heteroatoms. The molecule has 190 valence electrons. The Labute approximate surface area is 211 Å². The number of amides is 2. The molecule has 0 aliphatic carbocycles. The Morgan fingerprint density at radius 2 is 1.19 bits per heavy atom. The molecule has 0 saturated carbocycles. The number of hydrogen-bond acceptors (Lipinski definition) is 6. The number of rotatable bonds is 11. The fraction of sp³-hybridized carbons (Fsp3) is 0.286.